The maximum Gasteiger partial charge on any atom is 0.341 e. The van der Waals surface area contributed by atoms with Crippen LogP contribution in [0.4, 0.5) is 5.00 Å². The monoisotopic (exact) mass is 395 g/mol. The van der Waals surface area contributed by atoms with Crippen molar-refractivity contribution in [1.82, 2.24) is 0 Å². The zero-order valence-electron chi connectivity index (χ0n) is 16.6. The minimum absolute atomic E-state index is 0.191. The van der Waals surface area contributed by atoms with Crippen LogP contribution in [-0.4, -0.2) is 31.1 Å². The lowest BCUT2D eigenvalue weighted by Gasteiger charge is -2.18. The van der Waals surface area contributed by atoms with Crippen molar-refractivity contribution in [3.63, 3.8) is 0 Å². The molecule has 0 fully saturated rings. The van der Waals surface area contributed by atoms with Crippen LogP contribution in [0.1, 0.15) is 67.8 Å². The number of hydrogen-bond acceptors (Lipinski definition) is 6. The van der Waals surface area contributed by atoms with Crippen molar-refractivity contribution in [1.29, 1.82) is 0 Å². The van der Waals surface area contributed by atoms with Crippen LogP contribution in [0.15, 0.2) is 0 Å². The lowest BCUT2D eigenvalue weighted by molar-refractivity contribution is -0.151. The fourth-order valence-electron chi connectivity index (χ4n) is 3.30. The molecule has 0 saturated heterocycles. The molecule has 150 valence electrons. The largest absolute Gasteiger partial charge is 0.462 e. The van der Waals surface area contributed by atoms with Crippen molar-refractivity contribution in [2.24, 2.45) is 11.8 Å². The number of hydrogen-bond donors (Lipinski definition) is 1. The highest BCUT2D eigenvalue weighted by Crippen LogP contribution is 2.40. The first kappa shape index (κ1) is 21.4. The Morgan fingerprint density at radius 3 is 2.52 bits per heavy atom. The van der Waals surface area contributed by atoms with Gasteiger partial charge in [0.25, 0.3) is 5.91 Å². The van der Waals surface area contributed by atoms with Crippen LogP contribution >= 0.6 is 11.3 Å². The topological polar surface area (TPSA) is 81.7 Å². The SMILES string of the molecule is CCOC(=O)c1c(NC(=O)COC(=O)C(CC)CC)sc2c1CCC(C)C2. The third-order valence-electron chi connectivity index (χ3n) is 4.91. The zero-order valence-corrected chi connectivity index (χ0v) is 17.4. The molecule has 0 spiro atoms. The first-order chi connectivity index (χ1) is 12.9. The maximum absolute atomic E-state index is 12.4. The van der Waals surface area contributed by atoms with Crippen molar-refractivity contribution in [2.45, 2.75) is 59.8 Å². The second-order valence-electron chi connectivity index (χ2n) is 6.95. The van der Waals surface area contributed by atoms with E-state index in [-0.39, 0.29) is 25.1 Å². The number of anilines is 1. The molecule has 1 aliphatic carbocycles. The fraction of sp³-hybridized carbons (Fsp3) is 0.650. The van der Waals surface area contributed by atoms with E-state index < -0.39 is 11.9 Å². The van der Waals surface area contributed by atoms with Gasteiger partial charge >= 0.3 is 11.9 Å². The molecule has 7 heteroatoms. The van der Waals surface area contributed by atoms with Gasteiger partial charge in [-0.3, -0.25) is 9.59 Å². The molecule has 2 rings (SSSR count). The summed E-state index contributed by atoms with van der Waals surface area (Å²) >= 11 is 1.42. The number of fused-ring (bicyclic) bond motifs is 1. The molecule has 1 aromatic heterocycles. The molecule has 1 unspecified atom stereocenters. The van der Waals surface area contributed by atoms with Crippen molar-refractivity contribution >= 4 is 34.2 Å². The summed E-state index contributed by atoms with van der Waals surface area (Å²) in [6.45, 7) is 7.70. The van der Waals surface area contributed by atoms with E-state index in [1.165, 1.54) is 11.3 Å². The van der Waals surface area contributed by atoms with Gasteiger partial charge < -0.3 is 14.8 Å². The standard InChI is InChI=1S/C20H29NO5S/c1-5-13(6-2)19(23)26-11-16(22)21-18-17(20(24)25-7-3)14-9-8-12(4)10-15(14)27-18/h12-13H,5-11H2,1-4H3,(H,21,22). The van der Waals surface area contributed by atoms with Gasteiger partial charge in [0, 0.05) is 4.88 Å². The number of ether oxygens (including phenoxy) is 2. The van der Waals surface area contributed by atoms with Crippen molar-refractivity contribution < 1.29 is 23.9 Å². The summed E-state index contributed by atoms with van der Waals surface area (Å²) in [5.74, 6) is -0.848. The number of thiophene rings is 1. The van der Waals surface area contributed by atoms with Gasteiger partial charge in [0.2, 0.25) is 0 Å². The van der Waals surface area contributed by atoms with Crippen LogP contribution in [-0.2, 0) is 31.9 Å². The number of carbonyl (C=O) groups is 3. The molecular weight excluding hydrogens is 366 g/mol. The summed E-state index contributed by atoms with van der Waals surface area (Å²) in [5, 5.41) is 3.25. The number of rotatable bonds is 8. The predicted molar refractivity (Wildman–Crippen MR) is 105 cm³/mol. The molecular formula is C20H29NO5S. The van der Waals surface area contributed by atoms with E-state index >= 15 is 0 Å². The average molecular weight is 396 g/mol. The van der Waals surface area contributed by atoms with Gasteiger partial charge in [-0.15, -0.1) is 11.3 Å². The van der Waals surface area contributed by atoms with Crippen LogP contribution in [0.25, 0.3) is 0 Å². The van der Waals surface area contributed by atoms with Crippen LogP contribution in [0.3, 0.4) is 0 Å². The highest BCUT2D eigenvalue weighted by molar-refractivity contribution is 7.17. The van der Waals surface area contributed by atoms with E-state index in [0.717, 1.165) is 29.7 Å². The number of esters is 2. The second-order valence-corrected chi connectivity index (χ2v) is 8.05. The Morgan fingerprint density at radius 2 is 1.89 bits per heavy atom. The van der Waals surface area contributed by atoms with Crippen molar-refractivity contribution in [3.8, 4) is 0 Å². The zero-order chi connectivity index (χ0) is 20.0. The second kappa shape index (κ2) is 9.88. The molecule has 0 aromatic carbocycles. The molecule has 1 N–H and O–H groups in total. The molecule has 1 atom stereocenters. The lowest BCUT2D eigenvalue weighted by atomic mass is 9.88. The molecule has 1 heterocycles. The van der Waals surface area contributed by atoms with Crippen molar-refractivity contribution in [3.05, 3.63) is 16.0 Å². The Kier molecular flexibility index (Phi) is 7.83. The Labute approximate surface area is 164 Å². The molecule has 0 radical (unpaired) electrons. The molecule has 0 aliphatic heterocycles. The molecule has 1 amide bonds. The number of nitrogens with one attached hydrogen (secondary N) is 1. The fourth-order valence-corrected chi connectivity index (χ4v) is 4.71. The molecule has 0 saturated carbocycles. The van der Waals surface area contributed by atoms with E-state index in [4.69, 9.17) is 9.47 Å². The van der Waals surface area contributed by atoms with Gasteiger partial charge in [-0.05, 0) is 50.5 Å². The summed E-state index contributed by atoms with van der Waals surface area (Å²) < 4.78 is 10.3. The van der Waals surface area contributed by atoms with E-state index in [1.54, 1.807) is 6.92 Å². The highest BCUT2D eigenvalue weighted by Gasteiger charge is 2.29. The van der Waals surface area contributed by atoms with Crippen LogP contribution in [0.2, 0.25) is 0 Å². The minimum atomic E-state index is -0.438. The van der Waals surface area contributed by atoms with Crippen molar-refractivity contribution in [2.75, 3.05) is 18.5 Å². The first-order valence-electron chi connectivity index (χ1n) is 9.69. The van der Waals surface area contributed by atoms with E-state index in [1.807, 2.05) is 13.8 Å². The first-order valence-corrected chi connectivity index (χ1v) is 10.5. The molecule has 6 nitrogen and oxygen atoms in total. The number of carbonyl (C=O) groups excluding carboxylic acids is 3. The third kappa shape index (κ3) is 5.31. The van der Waals surface area contributed by atoms with E-state index in [2.05, 4.69) is 12.2 Å². The Balaban J connectivity index is 2.11. The van der Waals surface area contributed by atoms with Crippen LogP contribution < -0.4 is 5.32 Å². The average Bonchev–Trinajstić information content (AvgIpc) is 2.98. The highest BCUT2D eigenvalue weighted by atomic mass is 32.1. The van der Waals surface area contributed by atoms with Crippen LogP contribution in [0, 0.1) is 11.8 Å². The summed E-state index contributed by atoms with van der Waals surface area (Å²) in [4.78, 5) is 37.8. The Morgan fingerprint density at radius 1 is 1.19 bits per heavy atom. The molecule has 1 aromatic rings. The van der Waals surface area contributed by atoms with Gasteiger partial charge in [-0.2, -0.15) is 0 Å². The van der Waals surface area contributed by atoms with Gasteiger partial charge in [0.1, 0.15) is 5.00 Å². The summed E-state index contributed by atoms with van der Waals surface area (Å²) in [5.41, 5.74) is 1.45. The Hall–Kier alpha value is -1.89. The summed E-state index contributed by atoms with van der Waals surface area (Å²) in [6.07, 6.45) is 4.07. The van der Waals surface area contributed by atoms with E-state index in [9.17, 15) is 14.4 Å². The predicted octanol–water partition coefficient (Wildman–Crippen LogP) is 3.97. The maximum atomic E-state index is 12.4. The third-order valence-corrected chi connectivity index (χ3v) is 6.08. The lowest BCUT2D eigenvalue weighted by Crippen LogP contribution is -2.25. The van der Waals surface area contributed by atoms with Gasteiger partial charge in [0.15, 0.2) is 6.61 Å². The summed E-state index contributed by atoms with van der Waals surface area (Å²) in [6, 6.07) is 0. The Bertz CT molecular complexity index is 693. The molecule has 0 bridgehead atoms. The van der Waals surface area contributed by atoms with Gasteiger partial charge in [0.05, 0.1) is 18.1 Å². The minimum Gasteiger partial charge on any atom is -0.462 e. The van der Waals surface area contributed by atoms with E-state index in [0.29, 0.717) is 29.3 Å². The normalized spacial score (nSPS) is 16.0. The molecule has 27 heavy (non-hydrogen) atoms. The van der Waals surface area contributed by atoms with Crippen LogP contribution in [0.5, 0.6) is 0 Å². The smallest absolute Gasteiger partial charge is 0.341 e. The quantitative estimate of drug-likeness (QED) is 0.674. The molecule has 1 aliphatic rings. The summed E-state index contributed by atoms with van der Waals surface area (Å²) in [7, 11) is 0. The van der Waals surface area contributed by atoms with Gasteiger partial charge in [-0.1, -0.05) is 20.8 Å². The number of amides is 1. The van der Waals surface area contributed by atoms with Gasteiger partial charge in [-0.25, -0.2) is 4.79 Å².